The minimum absolute atomic E-state index is 0.0934. The normalized spacial score (nSPS) is 13.5. The average molecular weight is 851 g/mol. The number of hydrogen-bond donors (Lipinski definition) is 0. The van der Waals surface area contributed by atoms with Crippen LogP contribution in [0.2, 0.25) is 0 Å². The highest BCUT2D eigenvalue weighted by Gasteiger charge is 2.19. The molecule has 66 heavy (non-hydrogen) atoms. The molecule has 12 rings (SSSR count). The van der Waals surface area contributed by atoms with Gasteiger partial charge >= 0.3 is 0 Å². The van der Waals surface area contributed by atoms with Crippen LogP contribution in [0.1, 0.15) is 13.7 Å². The number of para-hydroxylation sites is 1. The van der Waals surface area contributed by atoms with E-state index in [2.05, 4.69) is 120 Å². The zero-order valence-electron chi connectivity index (χ0n) is 45.5. The molecule has 0 fully saturated rings. The highest BCUT2D eigenvalue weighted by atomic mass is 15.1. The van der Waals surface area contributed by atoms with Gasteiger partial charge in [-0.2, -0.15) is 0 Å². The van der Waals surface area contributed by atoms with Gasteiger partial charge in [-0.3, -0.25) is 0 Å². The molecule has 2 nitrogen and oxygen atoms in total. The van der Waals surface area contributed by atoms with E-state index in [4.69, 9.17) is 13.7 Å². The van der Waals surface area contributed by atoms with Crippen LogP contribution in [0.3, 0.4) is 0 Å². The Morgan fingerprint density at radius 1 is 0.288 bits per heavy atom. The van der Waals surface area contributed by atoms with Crippen molar-refractivity contribution in [1.82, 2.24) is 4.57 Å². The third-order valence-electron chi connectivity index (χ3n) is 12.3. The summed E-state index contributed by atoms with van der Waals surface area (Å²) >= 11 is 0. The minimum atomic E-state index is -0.549. The summed E-state index contributed by atoms with van der Waals surface area (Å²) in [5.74, 6) is 0. The van der Waals surface area contributed by atoms with Crippen molar-refractivity contribution in [3.63, 3.8) is 0 Å². The van der Waals surface area contributed by atoms with Gasteiger partial charge in [-0.25, -0.2) is 0 Å². The second kappa shape index (κ2) is 16.8. The Hall–Kier alpha value is -8.72. The van der Waals surface area contributed by atoms with Gasteiger partial charge in [0.05, 0.1) is 30.4 Å². The molecule has 0 radical (unpaired) electrons. The van der Waals surface area contributed by atoms with Gasteiger partial charge in [-0.15, -0.1) is 0 Å². The van der Waals surface area contributed by atoms with Crippen LogP contribution in [0, 0.1) is 0 Å². The number of benzene rings is 11. The molecule has 0 spiro atoms. The Morgan fingerprint density at radius 3 is 1.39 bits per heavy atom. The van der Waals surface area contributed by atoms with E-state index in [9.17, 15) is 0 Å². The lowest BCUT2D eigenvalue weighted by molar-refractivity contribution is 1.20. The molecule has 0 N–H and O–H groups in total. The van der Waals surface area contributed by atoms with Gasteiger partial charge in [0.2, 0.25) is 0 Å². The summed E-state index contributed by atoms with van der Waals surface area (Å²) in [6.45, 7) is 0. The zero-order chi connectivity index (χ0) is 52.5. The molecular weight excluding hydrogens is 797 g/mol. The van der Waals surface area contributed by atoms with Crippen LogP contribution in [0.5, 0.6) is 0 Å². The highest BCUT2D eigenvalue weighted by Crippen LogP contribution is 2.43. The average Bonchev–Trinajstić information content (AvgIpc) is 3.79. The van der Waals surface area contributed by atoms with Crippen LogP contribution in [0.4, 0.5) is 17.1 Å². The smallest absolute Gasteiger partial charge is 0.0629 e. The topological polar surface area (TPSA) is 8.17 Å². The molecule has 0 amide bonds. The SMILES string of the molecule is [2H]c1c([2H])c([2H])c(-c2cc(-c3c([2H])c([2H])c([2H])c([2H])c3[2H])cc(N(c3ccc(-c4ccccc4)cc3)c3ccc(-c4ccc5c6ccccc6n(-c6ccc(-c7ccccc7)c7ccccc67)c5c4)cc3)c2)c([2H])c1[2H]. The molecule has 0 saturated carbocycles. The molecular formula is C64H44N2. The minimum Gasteiger partial charge on any atom is -0.310 e. The van der Waals surface area contributed by atoms with E-state index in [1.54, 1.807) is 12.1 Å². The molecule has 0 aliphatic carbocycles. The van der Waals surface area contributed by atoms with Gasteiger partial charge in [0.25, 0.3) is 0 Å². The molecule has 0 saturated heterocycles. The van der Waals surface area contributed by atoms with Crippen LogP contribution < -0.4 is 4.90 Å². The fourth-order valence-electron chi connectivity index (χ4n) is 9.26. The highest BCUT2D eigenvalue weighted by molar-refractivity contribution is 6.12. The number of fused-ring (bicyclic) bond motifs is 4. The first-order valence-corrected chi connectivity index (χ1v) is 21.8. The summed E-state index contributed by atoms with van der Waals surface area (Å²) in [7, 11) is 0. The summed E-state index contributed by atoms with van der Waals surface area (Å²) in [5, 5.41) is 4.54. The first kappa shape index (κ1) is 29.6. The number of anilines is 3. The quantitative estimate of drug-likeness (QED) is 0.140. The Labute approximate surface area is 399 Å². The molecule has 0 aliphatic rings. The van der Waals surface area contributed by atoms with Crippen molar-refractivity contribution in [1.29, 1.82) is 0 Å². The van der Waals surface area contributed by atoms with Gasteiger partial charge in [0, 0.05) is 33.2 Å². The second-order valence-corrected chi connectivity index (χ2v) is 16.2. The number of aromatic nitrogens is 1. The molecule has 0 unspecified atom stereocenters. The number of rotatable bonds is 9. The lowest BCUT2D eigenvalue weighted by atomic mass is 9.97. The Balaban J connectivity index is 1.04. The van der Waals surface area contributed by atoms with Crippen molar-refractivity contribution in [2.24, 2.45) is 0 Å². The van der Waals surface area contributed by atoms with Gasteiger partial charge in [-0.1, -0.05) is 206 Å². The summed E-state index contributed by atoms with van der Waals surface area (Å²) < 4.78 is 89.5. The van der Waals surface area contributed by atoms with E-state index in [1.165, 1.54) is 6.07 Å². The molecule has 0 bridgehead atoms. The van der Waals surface area contributed by atoms with Crippen LogP contribution in [-0.4, -0.2) is 4.57 Å². The van der Waals surface area contributed by atoms with E-state index in [-0.39, 0.29) is 22.3 Å². The number of nitrogens with zero attached hydrogens (tertiary/aromatic N) is 2. The van der Waals surface area contributed by atoms with Crippen molar-refractivity contribution < 1.29 is 13.7 Å². The van der Waals surface area contributed by atoms with Crippen LogP contribution >= 0.6 is 0 Å². The summed E-state index contributed by atoms with van der Waals surface area (Å²) in [4.78, 5) is 1.96. The maximum Gasteiger partial charge on any atom is 0.0629 e. The van der Waals surface area contributed by atoms with Gasteiger partial charge in [0.15, 0.2) is 0 Å². The molecule has 11 aromatic carbocycles. The monoisotopic (exact) mass is 850 g/mol. The van der Waals surface area contributed by atoms with Crippen molar-refractivity contribution in [3.05, 3.63) is 267 Å². The molecule has 0 atom stereocenters. The van der Waals surface area contributed by atoms with E-state index in [0.29, 0.717) is 17.1 Å². The first-order valence-electron chi connectivity index (χ1n) is 26.8. The second-order valence-electron chi connectivity index (χ2n) is 16.2. The summed E-state index contributed by atoms with van der Waals surface area (Å²) in [6.07, 6.45) is 0. The van der Waals surface area contributed by atoms with E-state index in [0.717, 1.165) is 71.6 Å². The van der Waals surface area contributed by atoms with E-state index >= 15 is 0 Å². The lowest BCUT2D eigenvalue weighted by Crippen LogP contribution is -2.10. The molecule has 0 aliphatic heterocycles. The van der Waals surface area contributed by atoms with Crippen molar-refractivity contribution in [2.75, 3.05) is 4.90 Å². The Kier molecular flexibility index (Phi) is 7.52. The molecule has 310 valence electrons. The largest absolute Gasteiger partial charge is 0.310 e. The number of hydrogen-bond acceptors (Lipinski definition) is 1. The van der Waals surface area contributed by atoms with Crippen molar-refractivity contribution in [3.8, 4) is 61.3 Å². The van der Waals surface area contributed by atoms with Crippen LogP contribution in [0.15, 0.2) is 267 Å². The maximum atomic E-state index is 9.02. The third-order valence-corrected chi connectivity index (χ3v) is 12.3. The van der Waals surface area contributed by atoms with Crippen LogP contribution in [0.25, 0.3) is 93.9 Å². The van der Waals surface area contributed by atoms with Crippen LogP contribution in [-0.2, 0) is 0 Å². The fourth-order valence-corrected chi connectivity index (χ4v) is 9.26. The zero-order valence-corrected chi connectivity index (χ0v) is 35.5. The molecule has 2 heteroatoms. The van der Waals surface area contributed by atoms with Gasteiger partial charge < -0.3 is 9.47 Å². The third kappa shape index (κ3) is 7.12. The first-order chi connectivity index (χ1) is 36.9. The summed E-state index contributed by atoms with van der Waals surface area (Å²) in [6, 6.07) is 64.5. The Bertz CT molecular complexity index is 4130. The Morgan fingerprint density at radius 2 is 0.773 bits per heavy atom. The fraction of sp³-hybridized carbons (Fsp3) is 0. The van der Waals surface area contributed by atoms with E-state index < -0.39 is 60.4 Å². The predicted molar refractivity (Wildman–Crippen MR) is 280 cm³/mol. The molecule has 1 aromatic heterocycles. The van der Waals surface area contributed by atoms with E-state index in [1.807, 2.05) is 77.7 Å². The van der Waals surface area contributed by atoms with Crippen molar-refractivity contribution >= 4 is 49.6 Å². The van der Waals surface area contributed by atoms with Gasteiger partial charge in [0.1, 0.15) is 0 Å². The molecule has 12 aromatic rings. The molecule has 1 heterocycles. The standard InChI is InChI=1S/C64H44N2/c1-5-17-45(18-6-1)48-29-34-54(35-30-48)65(56-42-52(46-19-7-2-8-20-46)41-53(43-56)47-21-9-3-10-22-47)55-36-31-49(32-37-55)51-33-38-61-60-27-15-16-28-62(60)66(64(61)44-51)63-40-39-57(50-23-11-4-12-24-50)58-25-13-14-26-59(58)63/h1-44H/i2D,3D,7D,8D,9D,10D,19D,20D,21D,22D. The predicted octanol–water partition coefficient (Wildman–Crippen LogP) is 17.7. The maximum absolute atomic E-state index is 9.02. The van der Waals surface area contributed by atoms with Gasteiger partial charge in [-0.05, 0) is 122 Å². The van der Waals surface area contributed by atoms with Crippen molar-refractivity contribution in [2.45, 2.75) is 0 Å². The summed E-state index contributed by atoms with van der Waals surface area (Å²) in [5.41, 5.74) is 11.5. The lowest BCUT2D eigenvalue weighted by Gasteiger charge is -2.27.